The van der Waals surface area contributed by atoms with Gasteiger partial charge in [0, 0.05) is 33.1 Å². The maximum Gasteiger partial charge on any atom is 0.243 e. The van der Waals surface area contributed by atoms with Crippen molar-refractivity contribution in [1.82, 2.24) is 15.5 Å². The van der Waals surface area contributed by atoms with Gasteiger partial charge in [-0.3, -0.25) is 4.79 Å². The zero-order valence-corrected chi connectivity index (χ0v) is 17.0. The Balaban J connectivity index is 1.85. The summed E-state index contributed by atoms with van der Waals surface area (Å²) in [7, 11) is 3.48. The van der Waals surface area contributed by atoms with E-state index in [2.05, 4.69) is 29.5 Å². The number of furan rings is 1. The molecule has 1 saturated carbocycles. The van der Waals surface area contributed by atoms with Crippen LogP contribution in [0.1, 0.15) is 45.3 Å². The summed E-state index contributed by atoms with van der Waals surface area (Å²) in [4.78, 5) is 17.9. The molecular formula is C20H34N4O3. The molecule has 7 heteroatoms. The van der Waals surface area contributed by atoms with Crippen LogP contribution in [0.15, 0.2) is 27.8 Å². The summed E-state index contributed by atoms with van der Waals surface area (Å²) >= 11 is 0. The van der Waals surface area contributed by atoms with E-state index in [1.807, 2.05) is 12.1 Å². The molecule has 2 rings (SSSR count). The number of aliphatic imine (C=N–C) groups is 1. The van der Waals surface area contributed by atoms with E-state index in [0.29, 0.717) is 24.7 Å². The second kappa shape index (κ2) is 11.0. The molecule has 0 atom stereocenters. The molecule has 0 radical (unpaired) electrons. The standard InChI is InChI=1S/C20H34N4O3/c1-15(2)27-18-9-7-16(8-10-18)23-20(22-14-19(25)24(3)4)21-12-11-17-6-5-13-26-17/h5-6,13,15-16,18H,7-12,14H2,1-4H3,(H2,21,22,23). The number of ether oxygens (including phenoxy) is 1. The SMILES string of the molecule is CC(C)OC1CCC(NC(=NCC(=O)N(C)C)NCCc2ccco2)CC1. The van der Waals surface area contributed by atoms with Crippen LogP contribution >= 0.6 is 0 Å². The number of nitrogens with zero attached hydrogens (tertiary/aromatic N) is 2. The zero-order chi connectivity index (χ0) is 19.6. The normalized spacial score (nSPS) is 20.6. The van der Waals surface area contributed by atoms with Crippen molar-refractivity contribution < 1.29 is 13.9 Å². The lowest BCUT2D eigenvalue weighted by molar-refractivity contribution is -0.127. The average Bonchev–Trinajstić information content (AvgIpc) is 3.13. The summed E-state index contributed by atoms with van der Waals surface area (Å²) in [6.07, 6.45) is 7.25. The Labute approximate surface area is 162 Å². The van der Waals surface area contributed by atoms with Gasteiger partial charge in [0.1, 0.15) is 12.3 Å². The number of carbonyl (C=O) groups is 1. The van der Waals surface area contributed by atoms with Crippen LogP contribution in [-0.2, 0) is 16.0 Å². The van der Waals surface area contributed by atoms with Crippen LogP contribution in [0.4, 0.5) is 0 Å². The minimum atomic E-state index is -0.0174. The van der Waals surface area contributed by atoms with E-state index < -0.39 is 0 Å². The average molecular weight is 379 g/mol. The molecule has 27 heavy (non-hydrogen) atoms. The predicted octanol–water partition coefficient (Wildman–Crippen LogP) is 2.18. The molecule has 1 fully saturated rings. The zero-order valence-electron chi connectivity index (χ0n) is 17.0. The first-order valence-corrected chi connectivity index (χ1v) is 9.87. The van der Waals surface area contributed by atoms with Crippen molar-refractivity contribution in [2.45, 2.75) is 64.2 Å². The molecule has 0 bridgehead atoms. The highest BCUT2D eigenvalue weighted by Crippen LogP contribution is 2.22. The van der Waals surface area contributed by atoms with Crippen LogP contribution in [-0.4, -0.2) is 62.2 Å². The number of rotatable bonds is 8. The molecule has 152 valence electrons. The fourth-order valence-electron chi connectivity index (χ4n) is 3.12. The molecule has 2 N–H and O–H groups in total. The van der Waals surface area contributed by atoms with Crippen molar-refractivity contribution in [2.24, 2.45) is 4.99 Å². The number of likely N-dealkylation sites (N-methyl/N-ethyl adjacent to an activating group) is 1. The molecule has 1 aliphatic rings. The Morgan fingerprint density at radius 2 is 2.07 bits per heavy atom. The molecule has 1 aliphatic carbocycles. The largest absolute Gasteiger partial charge is 0.469 e. The summed E-state index contributed by atoms with van der Waals surface area (Å²) < 4.78 is 11.3. The van der Waals surface area contributed by atoms with Crippen molar-refractivity contribution in [3.8, 4) is 0 Å². The molecule has 1 amide bonds. The van der Waals surface area contributed by atoms with Crippen molar-refractivity contribution >= 4 is 11.9 Å². The molecule has 0 unspecified atom stereocenters. The maximum atomic E-state index is 11.9. The number of guanidine groups is 1. The third-order valence-corrected chi connectivity index (χ3v) is 4.59. The molecule has 1 aromatic rings. The van der Waals surface area contributed by atoms with Gasteiger partial charge in [0.2, 0.25) is 5.91 Å². The summed E-state index contributed by atoms with van der Waals surface area (Å²) in [6.45, 7) is 5.00. The van der Waals surface area contributed by atoms with Crippen LogP contribution in [0.2, 0.25) is 0 Å². The highest BCUT2D eigenvalue weighted by Gasteiger charge is 2.23. The van der Waals surface area contributed by atoms with Gasteiger partial charge >= 0.3 is 0 Å². The summed E-state index contributed by atoms with van der Waals surface area (Å²) in [6, 6.07) is 4.19. The van der Waals surface area contributed by atoms with Gasteiger partial charge in [-0.1, -0.05) is 0 Å². The third-order valence-electron chi connectivity index (χ3n) is 4.59. The van der Waals surface area contributed by atoms with Gasteiger partial charge in [0.25, 0.3) is 0 Å². The molecule has 7 nitrogen and oxygen atoms in total. The highest BCUT2D eigenvalue weighted by atomic mass is 16.5. The number of amides is 1. The first-order valence-electron chi connectivity index (χ1n) is 9.87. The lowest BCUT2D eigenvalue weighted by Gasteiger charge is -2.31. The fraction of sp³-hybridized carbons (Fsp3) is 0.700. The topological polar surface area (TPSA) is 79.1 Å². The molecular weight excluding hydrogens is 344 g/mol. The lowest BCUT2D eigenvalue weighted by Crippen LogP contribution is -2.46. The molecule has 1 aromatic heterocycles. The van der Waals surface area contributed by atoms with Gasteiger partial charge in [-0.05, 0) is 51.7 Å². The lowest BCUT2D eigenvalue weighted by atomic mass is 9.93. The minimum absolute atomic E-state index is 0.0174. The summed E-state index contributed by atoms with van der Waals surface area (Å²) in [5.41, 5.74) is 0. The second-order valence-electron chi connectivity index (χ2n) is 7.51. The van der Waals surface area contributed by atoms with Gasteiger partial charge in [0.05, 0.1) is 18.5 Å². The maximum absolute atomic E-state index is 11.9. The molecule has 0 saturated heterocycles. The van der Waals surface area contributed by atoms with Crippen molar-refractivity contribution in [3.05, 3.63) is 24.2 Å². The number of carbonyl (C=O) groups excluding carboxylic acids is 1. The van der Waals surface area contributed by atoms with Crippen LogP contribution in [0.5, 0.6) is 0 Å². The minimum Gasteiger partial charge on any atom is -0.469 e. The predicted molar refractivity (Wildman–Crippen MR) is 107 cm³/mol. The van der Waals surface area contributed by atoms with Gasteiger partial charge < -0.3 is 24.7 Å². The van der Waals surface area contributed by atoms with Crippen molar-refractivity contribution in [2.75, 3.05) is 27.2 Å². The Kier molecular flexibility index (Phi) is 8.64. The number of hydrogen-bond acceptors (Lipinski definition) is 4. The Bertz CT molecular complexity index is 576. The summed E-state index contributed by atoms with van der Waals surface area (Å²) in [5, 5.41) is 6.81. The van der Waals surface area contributed by atoms with Crippen LogP contribution in [0, 0.1) is 0 Å². The van der Waals surface area contributed by atoms with Gasteiger partial charge in [0.15, 0.2) is 5.96 Å². The van der Waals surface area contributed by atoms with Gasteiger partial charge in [-0.15, -0.1) is 0 Å². The number of nitrogens with one attached hydrogen (secondary N) is 2. The third kappa shape index (κ3) is 8.03. The highest BCUT2D eigenvalue weighted by molar-refractivity contribution is 5.84. The Morgan fingerprint density at radius 3 is 2.67 bits per heavy atom. The van der Waals surface area contributed by atoms with Crippen molar-refractivity contribution in [3.63, 3.8) is 0 Å². The second-order valence-corrected chi connectivity index (χ2v) is 7.51. The van der Waals surface area contributed by atoms with E-state index in [1.54, 1.807) is 25.3 Å². The van der Waals surface area contributed by atoms with Crippen LogP contribution < -0.4 is 10.6 Å². The Morgan fingerprint density at radius 1 is 1.33 bits per heavy atom. The van der Waals surface area contributed by atoms with Crippen LogP contribution in [0.25, 0.3) is 0 Å². The van der Waals surface area contributed by atoms with E-state index in [0.717, 1.165) is 37.9 Å². The van der Waals surface area contributed by atoms with Gasteiger partial charge in [-0.2, -0.15) is 0 Å². The smallest absolute Gasteiger partial charge is 0.243 e. The first-order chi connectivity index (χ1) is 12.9. The van der Waals surface area contributed by atoms with E-state index in [4.69, 9.17) is 9.15 Å². The van der Waals surface area contributed by atoms with Crippen molar-refractivity contribution in [1.29, 1.82) is 0 Å². The summed E-state index contributed by atoms with van der Waals surface area (Å²) in [5.74, 6) is 1.60. The van der Waals surface area contributed by atoms with E-state index in [9.17, 15) is 4.79 Å². The monoisotopic (exact) mass is 378 g/mol. The van der Waals surface area contributed by atoms with E-state index in [1.165, 1.54) is 0 Å². The molecule has 0 spiro atoms. The molecule has 1 heterocycles. The quantitative estimate of drug-likeness (QED) is 0.535. The number of hydrogen-bond donors (Lipinski definition) is 2. The van der Waals surface area contributed by atoms with Gasteiger partial charge in [-0.25, -0.2) is 4.99 Å². The molecule has 0 aliphatic heterocycles. The molecule has 0 aromatic carbocycles. The van der Waals surface area contributed by atoms with E-state index >= 15 is 0 Å². The van der Waals surface area contributed by atoms with Crippen LogP contribution in [0.3, 0.4) is 0 Å². The Hall–Kier alpha value is -2.02. The fourth-order valence-corrected chi connectivity index (χ4v) is 3.12. The first kappa shape index (κ1) is 21.3. The van der Waals surface area contributed by atoms with E-state index in [-0.39, 0.29) is 18.6 Å².